The van der Waals surface area contributed by atoms with Gasteiger partial charge in [0.15, 0.2) is 10.9 Å². The van der Waals surface area contributed by atoms with Crippen molar-refractivity contribution in [2.24, 2.45) is 17.1 Å². The molecule has 0 fully saturated rings. The van der Waals surface area contributed by atoms with Gasteiger partial charge in [0.25, 0.3) is 11.8 Å². The van der Waals surface area contributed by atoms with Gasteiger partial charge in [0.05, 0.1) is 15.6 Å². The Labute approximate surface area is 223 Å². The number of hydrogen-bond donors (Lipinski definition) is 3. The number of fused-ring (bicyclic) bond motifs is 1. The summed E-state index contributed by atoms with van der Waals surface area (Å²) in [6.45, 7) is 6.69. The SMILES string of the molecule is CC(C)(C)C1CCc2c(sc(NC(=S)NC(=O)c3ccc(-c4cccc(Cl)c4Cl)o3)c2C(N)=O)C1. The molecule has 2 amide bonds. The molecule has 4 rings (SSSR count). The van der Waals surface area contributed by atoms with Crippen LogP contribution in [-0.2, 0) is 12.8 Å². The highest BCUT2D eigenvalue weighted by Gasteiger charge is 2.33. The van der Waals surface area contributed by atoms with Crippen LogP contribution >= 0.6 is 46.8 Å². The first-order chi connectivity index (χ1) is 16.5. The highest BCUT2D eigenvalue weighted by molar-refractivity contribution is 7.80. The van der Waals surface area contributed by atoms with Crippen molar-refractivity contribution in [1.29, 1.82) is 0 Å². The second-order valence-electron chi connectivity index (χ2n) is 9.55. The number of carbonyl (C=O) groups is 2. The van der Waals surface area contributed by atoms with Crippen LogP contribution in [0.5, 0.6) is 0 Å². The standard InChI is InChI=1S/C25H25Cl2N3O3S2/c1-25(2,3)12-7-8-14-18(11-12)35-23(19(14)21(28)31)30-24(34)29-22(32)17-10-9-16(33-17)13-5-4-6-15(26)20(13)27/h4-6,9-10,12H,7-8,11H2,1-3H3,(H2,28,31)(H2,29,30,32,34). The fraction of sp³-hybridized carbons (Fsp3) is 0.320. The van der Waals surface area contributed by atoms with E-state index in [1.54, 1.807) is 24.3 Å². The van der Waals surface area contributed by atoms with E-state index >= 15 is 0 Å². The molecule has 0 saturated carbocycles. The molecule has 10 heteroatoms. The molecule has 0 spiro atoms. The third-order valence-corrected chi connectivity index (χ3v) is 8.43. The molecule has 0 aliphatic heterocycles. The van der Waals surface area contributed by atoms with Gasteiger partial charge in [-0.05, 0) is 72.6 Å². The fourth-order valence-corrected chi connectivity index (χ4v) is 6.26. The summed E-state index contributed by atoms with van der Waals surface area (Å²) in [4.78, 5) is 26.1. The van der Waals surface area contributed by atoms with Crippen molar-refractivity contribution < 1.29 is 14.0 Å². The maximum absolute atomic E-state index is 12.7. The average Bonchev–Trinajstić information content (AvgIpc) is 3.39. The zero-order valence-corrected chi connectivity index (χ0v) is 22.6. The van der Waals surface area contributed by atoms with Crippen molar-refractivity contribution >= 4 is 68.7 Å². The largest absolute Gasteiger partial charge is 0.451 e. The highest BCUT2D eigenvalue weighted by Crippen LogP contribution is 2.44. The number of amides is 2. The number of hydrogen-bond acceptors (Lipinski definition) is 5. The van der Waals surface area contributed by atoms with Gasteiger partial charge in [0.1, 0.15) is 10.8 Å². The smallest absolute Gasteiger partial charge is 0.293 e. The van der Waals surface area contributed by atoms with Gasteiger partial charge < -0.3 is 15.5 Å². The Hall–Kier alpha value is -2.39. The maximum Gasteiger partial charge on any atom is 0.293 e. The Morgan fingerprint density at radius 1 is 1.20 bits per heavy atom. The Bertz CT molecular complexity index is 1320. The monoisotopic (exact) mass is 549 g/mol. The van der Waals surface area contributed by atoms with Gasteiger partial charge in [-0.1, -0.05) is 50.0 Å². The second kappa shape index (κ2) is 9.93. The number of thiocarbonyl (C=S) groups is 1. The van der Waals surface area contributed by atoms with Crippen molar-refractivity contribution in [3.05, 3.63) is 62.1 Å². The minimum Gasteiger partial charge on any atom is -0.451 e. The van der Waals surface area contributed by atoms with Crippen LogP contribution in [0.25, 0.3) is 11.3 Å². The molecule has 1 aromatic carbocycles. The van der Waals surface area contributed by atoms with E-state index in [2.05, 4.69) is 31.4 Å². The zero-order valence-electron chi connectivity index (χ0n) is 19.5. The fourth-order valence-electron chi connectivity index (χ4n) is 4.27. The van der Waals surface area contributed by atoms with Crippen molar-refractivity contribution in [2.45, 2.75) is 40.0 Å². The average molecular weight is 551 g/mol. The molecular formula is C25H25Cl2N3O3S2. The molecular weight excluding hydrogens is 525 g/mol. The van der Waals surface area contributed by atoms with Gasteiger partial charge >= 0.3 is 0 Å². The molecule has 3 aromatic rings. The van der Waals surface area contributed by atoms with Crippen LogP contribution in [0.2, 0.25) is 10.0 Å². The Kier molecular flexibility index (Phi) is 7.29. The molecule has 4 N–H and O–H groups in total. The molecule has 6 nitrogen and oxygen atoms in total. The number of anilines is 1. The lowest BCUT2D eigenvalue weighted by Gasteiger charge is -2.33. The lowest BCUT2D eigenvalue weighted by Crippen LogP contribution is -2.34. The van der Waals surface area contributed by atoms with E-state index in [0.717, 1.165) is 29.7 Å². The van der Waals surface area contributed by atoms with Gasteiger partial charge in [0.2, 0.25) is 0 Å². The summed E-state index contributed by atoms with van der Waals surface area (Å²) in [6, 6.07) is 8.31. The van der Waals surface area contributed by atoms with Gasteiger partial charge in [-0.15, -0.1) is 11.3 Å². The lowest BCUT2D eigenvalue weighted by atomic mass is 9.72. The summed E-state index contributed by atoms with van der Waals surface area (Å²) in [5.41, 5.74) is 7.88. The number of nitrogens with one attached hydrogen (secondary N) is 2. The van der Waals surface area contributed by atoms with Crippen LogP contribution in [0.1, 0.15) is 58.5 Å². The number of nitrogens with two attached hydrogens (primary N) is 1. The summed E-state index contributed by atoms with van der Waals surface area (Å²) in [7, 11) is 0. The molecule has 1 aliphatic carbocycles. The predicted octanol–water partition coefficient (Wildman–Crippen LogP) is 6.69. The van der Waals surface area contributed by atoms with Crippen LogP contribution in [-0.4, -0.2) is 16.9 Å². The third-order valence-electron chi connectivity index (χ3n) is 6.24. The maximum atomic E-state index is 12.7. The molecule has 0 radical (unpaired) electrons. The zero-order chi connectivity index (χ0) is 25.5. The molecule has 184 valence electrons. The number of primary amides is 1. The number of benzene rings is 1. The number of thiophene rings is 1. The van der Waals surface area contributed by atoms with E-state index in [-0.39, 0.29) is 16.3 Å². The third kappa shape index (κ3) is 5.40. The van der Waals surface area contributed by atoms with Crippen molar-refractivity contribution in [1.82, 2.24) is 5.32 Å². The summed E-state index contributed by atoms with van der Waals surface area (Å²) in [5, 5.41) is 6.91. The quantitative estimate of drug-likeness (QED) is 0.315. The predicted molar refractivity (Wildman–Crippen MR) is 146 cm³/mol. The molecule has 0 saturated heterocycles. The van der Waals surface area contributed by atoms with Crippen molar-refractivity contribution in [2.75, 3.05) is 5.32 Å². The van der Waals surface area contributed by atoms with Crippen LogP contribution in [0.3, 0.4) is 0 Å². The number of carbonyl (C=O) groups excluding carboxylic acids is 2. The summed E-state index contributed by atoms with van der Waals surface area (Å²) >= 11 is 19.1. The first-order valence-corrected chi connectivity index (χ1v) is 13.0. The Morgan fingerprint density at radius 2 is 1.94 bits per heavy atom. The summed E-state index contributed by atoms with van der Waals surface area (Å²) in [5.74, 6) is -0.0928. The van der Waals surface area contributed by atoms with E-state index in [4.69, 9.17) is 45.6 Å². The van der Waals surface area contributed by atoms with Crippen LogP contribution in [0, 0.1) is 11.3 Å². The topological polar surface area (TPSA) is 97.4 Å². The number of halogens is 2. The molecule has 1 unspecified atom stereocenters. The minimum absolute atomic E-state index is 0.0437. The van der Waals surface area contributed by atoms with Crippen LogP contribution in [0.4, 0.5) is 5.00 Å². The first kappa shape index (κ1) is 25.7. The van der Waals surface area contributed by atoms with E-state index in [9.17, 15) is 9.59 Å². The van der Waals surface area contributed by atoms with Gasteiger partial charge in [0, 0.05) is 10.4 Å². The Balaban J connectivity index is 1.49. The van der Waals surface area contributed by atoms with E-state index in [1.807, 2.05) is 0 Å². The van der Waals surface area contributed by atoms with Crippen molar-refractivity contribution in [3.63, 3.8) is 0 Å². The molecule has 2 heterocycles. The number of furan rings is 1. The summed E-state index contributed by atoms with van der Waals surface area (Å²) in [6.07, 6.45) is 2.66. The molecule has 2 aromatic heterocycles. The number of rotatable bonds is 4. The lowest BCUT2D eigenvalue weighted by molar-refractivity contribution is 0.0950. The van der Waals surface area contributed by atoms with Gasteiger partial charge in [-0.3, -0.25) is 14.9 Å². The van der Waals surface area contributed by atoms with Crippen LogP contribution < -0.4 is 16.4 Å². The second-order valence-corrected chi connectivity index (χ2v) is 11.9. The molecule has 0 bridgehead atoms. The molecule has 35 heavy (non-hydrogen) atoms. The normalized spacial score (nSPS) is 15.4. The molecule has 1 atom stereocenters. The van der Waals surface area contributed by atoms with E-state index in [0.29, 0.717) is 37.9 Å². The molecule has 1 aliphatic rings. The van der Waals surface area contributed by atoms with E-state index in [1.165, 1.54) is 17.4 Å². The first-order valence-electron chi connectivity index (χ1n) is 11.1. The minimum atomic E-state index is -0.540. The summed E-state index contributed by atoms with van der Waals surface area (Å²) < 4.78 is 5.68. The van der Waals surface area contributed by atoms with Gasteiger partial charge in [-0.25, -0.2) is 0 Å². The van der Waals surface area contributed by atoms with Gasteiger partial charge in [-0.2, -0.15) is 0 Å². The Morgan fingerprint density at radius 3 is 2.63 bits per heavy atom. The van der Waals surface area contributed by atoms with Crippen LogP contribution in [0.15, 0.2) is 34.7 Å². The highest BCUT2D eigenvalue weighted by atomic mass is 35.5. The van der Waals surface area contributed by atoms with Crippen molar-refractivity contribution in [3.8, 4) is 11.3 Å². The van der Waals surface area contributed by atoms with E-state index < -0.39 is 11.8 Å².